The summed E-state index contributed by atoms with van der Waals surface area (Å²) in [5.74, 6) is 1.45. The summed E-state index contributed by atoms with van der Waals surface area (Å²) in [6.07, 6.45) is 3.56. The van der Waals surface area contributed by atoms with Crippen LogP contribution in [0, 0.1) is 5.92 Å². The van der Waals surface area contributed by atoms with Crippen molar-refractivity contribution in [3.8, 4) is 0 Å². The summed E-state index contributed by atoms with van der Waals surface area (Å²) >= 11 is 6.19. The number of hydrogen-bond donors (Lipinski definition) is 1. The number of rotatable bonds is 4. The largest absolute Gasteiger partial charge is 0.369 e. The molecule has 0 aliphatic heterocycles. The van der Waals surface area contributed by atoms with Crippen LogP contribution in [0.5, 0.6) is 0 Å². The van der Waals surface area contributed by atoms with Crippen LogP contribution in [0.3, 0.4) is 0 Å². The van der Waals surface area contributed by atoms with Crippen LogP contribution in [0.2, 0.25) is 0 Å². The van der Waals surface area contributed by atoms with E-state index in [-0.39, 0.29) is 5.38 Å². The van der Waals surface area contributed by atoms with Gasteiger partial charge in [0.2, 0.25) is 0 Å². The van der Waals surface area contributed by atoms with Crippen molar-refractivity contribution in [2.75, 3.05) is 11.9 Å². The van der Waals surface area contributed by atoms with E-state index in [1.165, 1.54) is 24.1 Å². The van der Waals surface area contributed by atoms with Crippen LogP contribution in [0.25, 0.3) is 0 Å². The van der Waals surface area contributed by atoms with E-state index in [9.17, 15) is 0 Å². The zero-order chi connectivity index (χ0) is 11.5. The minimum Gasteiger partial charge on any atom is -0.369 e. The van der Waals surface area contributed by atoms with Gasteiger partial charge in [0.1, 0.15) is 5.82 Å². The smallest absolute Gasteiger partial charge is 0.126 e. The molecule has 16 heavy (non-hydrogen) atoms. The van der Waals surface area contributed by atoms with Gasteiger partial charge in [-0.2, -0.15) is 0 Å². The molecule has 2 nitrogen and oxygen atoms in total. The number of nitrogens with one attached hydrogen (secondary N) is 1. The van der Waals surface area contributed by atoms with Gasteiger partial charge in [-0.3, -0.25) is 0 Å². The van der Waals surface area contributed by atoms with E-state index in [4.69, 9.17) is 11.6 Å². The van der Waals surface area contributed by atoms with Gasteiger partial charge in [0, 0.05) is 12.2 Å². The number of fused-ring (bicyclic) bond motifs is 1. The predicted octanol–water partition coefficient (Wildman–Crippen LogP) is 3.25. The van der Waals surface area contributed by atoms with E-state index < -0.39 is 0 Å². The number of aromatic nitrogens is 1. The molecule has 1 N–H and O–H groups in total. The highest BCUT2D eigenvalue weighted by atomic mass is 35.5. The zero-order valence-corrected chi connectivity index (χ0v) is 10.7. The lowest BCUT2D eigenvalue weighted by atomic mass is 10.1. The van der Waals surface area contributed by atoms with Crippen molar-refractivity contribution < 1.29 is 0 Å². The highest BCUT2D eigenvalue weighted by Crippen LogP contribution is 2.21. The van der Waals surface area contributed by atoms with E-state index in [1.54, 1.807) is 0 Å². The Labute approximate surface area is 102 Å². The second-order valence-electron chi connectivity index (χ2n) is 4.80. The summed E-state index contributed by atoms with van der Waals surface area (Å²) in [5.41, 5.74) is 2.68. The first-order valence-corrected chi connectivity index (χ1v) is 6.47. The Bertz CT molecular complexity index is 363. The first kappa shape index (κ1) is 11.7. The fourth-order valence-corrected chi connectivity index (χ4v) is 2.03. The molecule has 1 aromatic rings. The summed E-state index contributed by atoms with van der Waals surface area (Å²) < 4.78 is 0. The molecule has 0 spiro atoms. The van der Waals surface area contributed by atoms with E-state index in [0.717, 1.165) is 18.8 Å². The van der Waals surface area contributed by atoms with Crippen LogP contribution < -0.4 is 5.32 Å². The van der Waals surface area contributed by atoms with Gasteiger partial charge in [-0.25, -0.2) is 4.98 Å². The molecule has 0 amide bonds. The monoisotopic (exact) mass is 238 g/mol. The number of aryl methyl sites for hydroxylation is 2. The molecule has 1 aliphatic carbocycles. The maximum absolute atomic E-state index is 6.19. The molecule has 1 atom stereocenters. The van der Waals surface area contributed by atoms with Crippen LogP contribution in [0.1, 0.15) is 31.5 Å². The first-order valence-electron chi connectivity index (χ1n) is 6.03. The first-order chi connectivity index (χ1) is 7.66. The third-order valence-corrected chi connectivity index (χ3v) is 3.79. The van der Waals surface area contributed by atoms with Crippen LogP contribution >= 0.6 is 11.6 Å². The average Bonchev–Trinajstić information content (AvgIpc) is 2.72. The number of halogens is 1. The lowest BCUT2D eigenvalue weighted by Crippen LogP contribution is -2.20. The molecule has 0 saturated carbocycles. The second-order valence-corrected chi connectivity index (χ2v) is 5.36. The van der Waals surface area contributed by atoms with E-state index in [1.807, 2.05) is 0 Å². The molecule has 1 heterocycles. The van der Waals surface area contributed by atoms with Crippen LogP contribution in [0.15, 0.2) is 12.1 Å². The van der Waals surface area contributed by atoms with Gasteiger partial charge >= 0.3 is 0 Å². The topological polar surface area (TPSA) is 24.9 Å². The maximum atomic E-state index is 6.19. The summed E-state index contributed by atoms with van der Waals surface area (Å²) in [7, 11) is 0. The Morgan fingerprint density at radius 3 is 2.94 bits per heavy atom. The van der Waals surface area contributed by atoms with Gasteiger partial charge in [0.25, 0.3) is 0 Å². The van der Waals surface area contributed by atoms with E-state index in [0.29, 0.717) is 5.92 Å². The number of hydrogen-bond acceptors (Lipinski definition) is 2. The molecule has 0 aromatic carbocycles. The molecule has 0 radical (unpaired) electrons. The van der Waals surface area contributed by atoms with Crippen molar-refractivity contribution in [2.24, 2.45) is 5.92 Å². The molecular formula is C13H19ClN2. The van der Waals surface area contributed by atoms with Crippen molar-refractivity contribution in [3.05, 3.63) is 23.4 Å². The minimum absolute atomic E-state index is 0.162. The second kappa shape index (κ2) is 5.05. The van der Waals surface area contributed by atoms with Crippen molar-refractivity contribution in [1.29, 1.82) is 0 Å². The van der Waals surface area contributed by atoms with Gasteiger partial charge in [-0.05, 0) is 36.8 Å². The number of nitrogens with zero attached hydrogens (tertiary/aromatic N) is 1. The third-order valence-electron chi connectivity index (χ3n) is 3.13. The summed E-state index contributed by atoms with van der Waals surface area (Å²) in [4.78, 5) is 4.61. The van der Waals surface area contributed by atoms with Crippen molar-refractivity contribution in [3.63, 3.8) is 0 Å². The summed E-state index contributed by atoms with van der Waals surface area (Å²) in [6, 6.07) is 4.25. The van der Waals surface area contributed by atoms with Crippen LogP contribution in [-0.4, -0.2) is 16.9 Å². The van der Waals surface area contributed by atoms with E-state index in [2.05, 4.69) is 36.3 Å². The van der Waals surface area contributed by atoms with Crippen molar-refractivity contribution in [1.82, 2.24) is 4.98 Å². The van der Waals surface area contributed by atoms with Crippen molar-refractivity contribution >= 4 is 17.4 Å². The van der Waals surface area contributed by atoms with Gasteiger partial charge < -0.3 is 5.32 Å². The summed E-state index contributed by atoms with van der Waals surface area (Å²) in [6.45, 7) is 5.05. The van der Waals surface area contributed by atoms with Gasteiger partial charge in [0.05, 0.1) is 5.38 Å². The number of anilines is 1. The SMILES string of the molecule is CC(C)C(Cl)CNc1ccc2c(n1)CCC2. The maximum Gasteiger partial charge on any atom is 0.126 e. The van der Waals surface area contributed by atoms with Gasteiger partial charge in [-0.1, -0.05) is 19.9 Å². The molecule has 88 valence electrons. The molecule has 0 saturated heterocycles. The van der Waals surface area contributed by atoms with E-state index >= 15 is 0 Å². The molecule has 1 aromatic heterocycles. The molecular weight excluding hydrogens is 220 g/mol. The fraction of sp³-hybridized carbons (Fsp3) is 0.615. The van der Waals surface area contributed by atoms with Crippen molar-refractivity contribution in [2.45, 2.75) is 38.5 Å². The Morgan fingerprint density at radius 2 is 2.19 bits per heavy atom. The molecule has 0 bridgehead atoms. The minimum atomic E-state index is 0.162. The predicted molar refractivity (Wildman–Crippen MR) is 69.2 cm³/mol. The number of pyridine rings is 1. The third kappa shape index (κ3) is 2.67. The highest BCUT2D eigenvalue weighted by Gasteiger charge is 2.13. The molecule has 2 rings (SSSR count). The molecule has 0 fully saturated rings. The standard InChI is InChI=1S/C13H19ClN2/c1-9(2)11(14)8-15-13-7-6-10-4-3-5-12(10)16-13/h6-7,9,11H,3-5,8H2,1-2H3,(H,15,16). The van der Waals surface area contributed by atoms with Crippen LogP contribution in [-0.2, 0) is 12.8 Å². The Morgan fingerprint density at radius 1 is 1.38 bits per heavy atom. The van der Waals surface area contributed by atoms with Gasteiger partial charge in [0.15, 0.2) is 0 Å². The summed E-state index contributed by atoms with van der Waals surface area (Å²) in [5, 5.41) is 3.47. The molecule has 1 aliphatic rings. The lowest BCUT2D eigenvalue weighted by molar-refractivity contribution is 0.615. The fourth-order valence-electron chi connectivity index (χ4n) is 1.96. The van der Waals surface area contributed by atoms with Gasteiger partial charge in [-0.15, -0.1) is 11.6 Å². The van der Waals surface area contributed by atoms with Crippen LogP contribution in [0.4, 0.5) is 5.82 Å². The zero-order valence-electron chi connectivity index (χ0n) is 9.96. The number of alkyl halides is 1. The highest BCUT2D eigenvalue weighted by molar-refractivity contribution is 6.21. The molecule has 1 unspecified atom stereocenters. The molecule has 3 heteroatoms. The Kier molecular flexibility index (Phi) is 3.70. The lowest BCUT2D eigenvalue weighted by Gasteiger charge is -2.14. The Balaban J connectivity index is 1.95. The average molecular weight is 239 g/mol. The Hall–Kier alpha value is -0.760. The quantitative estimate of drug-likeness (QED) is 0.815. The normalized spacial score (nSPS) is 16.2.